The van der Waals surface area contributed by atoms with Crippen molar-refractivity contribution in [2.45, 2.75) is 6.42 Å². The molecule has 0 aliphatic rings. The predicted molar refractivity (Wildman–Crippen MR) is 64.4 cm³/mol. The van der Waals surface area contributed by atoms with Crippen LogP contribution in [0.2, 0.25) is 0 Å². The van der Waals surface area contributed by atoms with Crippen LogP contribution in [0.25, 0.3) is 0 Å². The highest BCUT2D eigenvalue weighted by molar-refractivity contribution is 9.10. The average molecular weight is 284 g/mol. The lowest BCUT2D eigenvalue weighted by molar-refractivity contribution is 0.209. The molecule has 0 saturated heterocycles. The van der Waals surface area contributed by atoms with Crippen molar-refractivity contribution in [3.63, 3.8) is 0 Å². The molecular weight excluding hydrogens is 274 g/mol. The fourth-order valence-electron chi connectivity index (χ4n) is 1.06. The van der Waals surface area contributed by atoms with E-state index in [0.29, 0.717) is 17.7 Å². The van der Waals surface area contributed by atoms with Crippen molar-refractivity contribution in [1.29, 1.82) is 0 Å². The second kappa shape index (κ2) is 6.16. The normalized spacial score (nSPS) is 9.12. The lowest BCUT2D eigenvalue weighted by Crippen LogP contribution is -2.08. The van der Waals surface area contributed by atoms with E-state index in [1.807, 2.05) is 0 Å². The Kier molecular flexibility index (Phi) is 4.83. The molecule has 1 amide bonds. The van der Waals surface area contributed by atoms with Crippen molar-refractivity contribution in [3.05, 3.63) is 28.2 Å². The Balaban J connectivity index is 2.99. The number of aliphatic hydroxyl groups is 1. The van der Waals surface area contributed by atoms with Gasteiger partial charge in [-0.1, -0.05) is 27.8 Å². The SMILES string of the molecule is O=C(O)Nc1ccc(Br)cc1C#CCCO. The van der Waals surface area contributed by atoms with Gasteiger partial charge in [0.05, 0.1) is 12.3 Å². The van der Waals surface area contributed by atoms with Gasteiger partial charge in [0.2, 0.25) is 0 Å². The fraction of sp³-hybridized carbons (Fsp3) is 0.182. The van der Waals surface area contributed by atoms with Crippen molar-refractivity contribution < 1.29 is 15.0 Å². The minimum absolute atomic E-state index is 0.0112. The number of aliphatic hydroxyl groups excluding tert-OH is 1. The van der Waals surface area contributed by atoms with Crippen LogP contribution in [0, 0.1) is 11.8 Å². The molecule has 1 aromatic carbocycles. The predicted octanol–water partition coefficient (Wildman–Crippen LogP) is 2.27. The van der Waals surface area contributed by atoms with Gasteiger partial charge >= 0.3 is 6.09 Å². The lowest BCUT2D eigenvalue weighted by Gasteiger charge is -2.04. The van der Waals surface area contributed by atoms with Gasteiger partial charge in [0.25, 0.3) is 0 Å². The molecule has 0 aliphatic heterocycles. The van der Waals surface area contributed by atoms with Gasteiger partial charge in [-0.3, -0.25) is 5.32 Å². The van der Waals surface area contributed by atoms with E-state index in [0.717, 1.165) is 4.47 Å². The summed E-state index contributed by atoms with van der Waals surface area (Å²) in [6.07, 6.45) is -0.772. The first-order valence-corrected chi connectivity index (χ1v) is 5.32. The Morgan fingerprint density at radius 1 is 1.50 bits per heavy atom. The summed E-state index contributed by atoms with van der Waals surface area (Å²) in [6.45, 7) is -0.0112. The van der Waals surface area contributed by atoms with Crippen molar-refractivity contribution in [1.82, 2.24) is 0 Å². The summed E-state index contributed by atoms with van der Waals surface area (Å²) < 4.78 is 0.816. The topological polar surface area (TPSA) is 69.6 Å². The third-order valence-electron chi connectivity index (χ3n) is 1.68. The zero-order valence-corrected chi connectivity index (χ0v) is 9.91. The first-order valence-electron chi connectivity index (χ1n) is 4.52. The molecule has 5 heteroatoms. The van der Waals surface area contributed by atoms with E-state index in [1.54, 1.807) is 18.2 Å². The maximum Gasteiger partial charge on any atom is 0.409 e. The number of amides is 1. The second-order valence-electron chi connectivity index (χ2n) is 2.90. The van der Waals surface area contributed by atoms with E-state index < -0.39 is 6.09 Å². The van der Waals surface area contributed by atoms with Crippen LogP contribution < -0.4 is 5.32 Å². The highest BCUT2D eigenvalue weighted by Crippen LogP contribution is 2.20. The molecule has 0 radical (unpaired) electrons. The van der Waals surface area contributed by atoms with Crippen molar-refractivity contribution in [2.24, 2.45) is 0 Å². The van der Waals surface area contributed by atoms with Crippen molar-refractivity contribution in [3.8, 4) is 11.8 Å². The largest absolute Gasteiger partial charge is 0.465 e. The summed E-state index contributed by atoms with van der Waals surface area (Å²) >= 11 is 3.28. The van der Waals surface area contributed by atoms with Crippen LogP contribution in [-0.4, -0.2) is 22.9 Å². The van der Waals surface area contributed by atoms with Crippen LogP contribution in [0.3, 0.4) is 0 Å². The molecule has 1 aromatic rings. The highest BCUT2D eigenvalue weighted by atomic mass is 79.9. The number of hydrogen-bond donors (Lipinski definition) is 3. The maximum absolute atomic E-state index is 10.5. The molecule has 0 fully saturated rings. The van der Waals surface area contributed by atoms with E-state index in [4.69, 9.17) is 10.2 Å². The van der Waals surface area contributed by atoms with Gasteiger partial charge < -0.3 is 10.2 Å². The summed E-state index contributed by atoms with van der Waals surface area (Å²) in [5.41, 5.74) is 1.01. The van der Waals surface area contributed by atoms with Crippen molar-refractivity contribution in [2.75, 3.05) is 11.9 Å². The zero-order chi connectivity index (χ0) is 12.0. The molecule has 0 atom stereocenters. The smallest absolute Gasteiger partial charge is 0.409 e. The molecule has 4 nitrogen and oxygen atoms in total. The van der Waals surface area contributed by atoms with Crippen molar-refractivity contribution >= 4 is 27.7 Å². The number of anilines is 1. The Labute approximate surface area is 101 Å². The van der Waals surface area contributed by atoms with E-state index in [-0.39, 0.29) is 6.61 Å². The summed E-state index contributed by atoms with van der Waals surface area (Å²) in [6, 6.07) is 5.07. The molecule has 0 unspecified atom stereocenters. The van der Waals surface area contributed by atoms with Gasteiger partial charge in [-0.25, -0.2) is 4.79 Å². The Hall–Kier alpha value is -1.51. The van der Waals surface area contributed by atoms with E-state index in [2.05, 4.69) is 33.1 Å². The van der Waals surface area contributed by atoms with Gasteiger partial charge in [-0.2, -0.15) is 0 Å². The highest BCUT2D eigenvalue weighted by Gasteiger charge is 2.03. The number of rotatable bonds is 2. The Morgan fingerprint density at radius 3 is 2.88 bits per heavy atom. The van der Waals surface area contributed by atoms with Crippen LogP contribution in [0.1, 0.15) is 12.0 Å². The fourth-order valence-corrected chi connectivity index (χ4v) is 1.42. The van der Waals surface area contributed by atoms with E-state index >= 15 is 0 Å². The summed E-state index contributed by atoms with van der Waals surface area (Å²) in [7, 11) is 0. The monoisotopic (exact) mass is 283 g/mol. The first-order chi connectivity index (χ1) is 7.63. The molecule has 0 spiro atoms. The van der Waals surface area contributed by atoms with Gasteiger partial charge in [-0.15, -0.1) is 0 Å². The summed E-state index contributed by atoms with van der Waals surface area (Å²) in [5.74, 6) is 5.53. The van der Waals surface area contributed by atoms with Crippen LogP contribution >= 0.6 is 15.9 Å². The summed E-state index contributed by atoms with van der Waals surface area (Å²) in [5, 5.41) is 19.5. The van der Waals surface area contributed by atoms with Gasteiger partial charge in [-0.05, 0) is 18.2 Å². The molecule has 16 heavy (non-hydrogen) atoms. The molecule has 84 valence electrons. The number of halogens is 1. The van der Waals surface area contributed by atoms with Crippen LogP contribution in [0.4, 0.5) is 10.5 Å². The maximum atomic E-state index is 10.5. The van der Waals surface area contributed by atoms with Gasteiger partial charge in [0.15, 0.2) is 0 Å². The number of nitrogens with one attached hydrogen (secondary N) is 1. The number of hydrogen-bond acceptors (Lipinski definition) is 2. The van der Waals surface area contributed by atoms with E-state index in [9.17, 15) is 4.79 Å². The minimum atomic E-state index is -1.13. The van der Waals surface area contributed by atoms with Gasteiger partial charge in [0, 0.05) is 16.5 Å². The van der Waals surface area contributed by atoms with Crippen LogP contribution in [0.5, 0.6) is 0 Å². The van der Waals surface area contributed by atoms with E-state index in [1.165, 1.54) is 0 Å². The molecule has 0 aliphatic carbocycles. The number of carbonyl (C=O) groups is 1. The molecule has 0 saturated carbocycles. The zero-order valence-electron chi connectivity index (χ0n) is 8.33. The Bertz CT molecular complexity index is 448. The molecule has 1 rings (SSSR count). The third kappa shape index (κ3) is 3.93. The first kappa shape index (κ1) is 12.6. The molecule has 0 heterocycles. The van der Waals surface area contributed by atoms with Gasteiger partial charge in [0.1, 0.15) is 0 Å². The average Bonchev–Trinajstić information content (AvgIpc) is 2.22. The lowest BCUT2D eigenvalue weighted by atomic mass is 10.2. The standard InChI is InChI=1S/C11H10BrNO3/c12-9-4-5-10(13-11(15)16)8(7-9)3-1-2-6-14/h4-5,7,13-14H,2,6H2,(H,15,16). The van der Waals surface area contributed by atoms with Crippen LogP contribution in [-0.2, 0) is 0 Å². The Morgan fingerprint density at radius 2 is 2.25 bits per heavy atom. The minimum Gasteiger partial charge on any atom is -0.465 e. The molecule has 3 N–H and O–H groups in total. The third-order valence-corrected chi connectivity index (χ3v) is 2.18. The summed E-state index contributed by atoms with van der Waals surface area (Å²) in [4.78, 5) is 10.5. The molecular formula is C11H10BrNO3. The molecule has 0 bridgehead atoms. The second-order valence-corrected chi connectivity index (χ2v) is 3.81. The van der Waals surface area contributed by atoms with Crippen LogP contribution in [0.15, 0.2) is 22.7 Å². The number of benzene rings is 1. The molecule has 0 aromatic heterocycles. The number of carboxylic acid groups (broad SMARTS) is 1. The quantitative estimate of drug-likeness (QED) is 0.730.